The number of allylic oxidation sites excluding steroid dienone is 2. The minimum Gasteiger partial charge on any atom is -0.462 e. The van der Waals surface area contributed by atoms with Crippen LogP contribution in [-0.2, 0) is 19.1 Å². The molecule has 0 amide bonds. The average Bonchev–Trinajstić information content (AvgIpc) is 2.88. The smallest absolute Gasteiger partial charge is 0.336 e. The Hall–Kier alpha value is -1.88. The van der Waals surface area contributed by atoms with Crippen LogP contribution in [0.15, 0.2) is 36.5 Å². The van der Waals surface area contributed by atoms with E-state index in [2.05, 4.69) is 32.2 Å². The highest BCUT2D eigenvalue weighted by atomic mass is 16.5. The lowest BCUT2D eigenvalue weighted by atomic mass is 9.68. The highest BCUT2D eigenvalue weighted by molar-refractivity contribution is 5.88. The summed E-state index contributed by atoms with van der Waals surface area (Å²) in [6, 6.07) is 0. The van der Waals surface area contributed by atoms with Gasteiger partial charge in [0.15, 0.2) is 0 Å². The first-order chi connectivity index (χ1) is 17.2. The summed E-state index contributed by atoms with van der Waals surface area (Å²) in [5, 5.41) is 9.56. The molecule has 2 aliphatic carbocycles. The summed E-state index contributed by atoms with van der Waals surface area (Å²) in [6.07, 6.45) is 18.8. The number of carbonyl (C=O) groups is 2. The van der Waals surface area contributed by atoms with Crippen LogP contribution in [0.3, 0.4) is 0 Å². The minimum atomic E-state index is -0.944. The molecule has 0 spiro atoms. The monoisotopic (exact) mass is 502 g/mol. The van der Waals surface area contributed by atoms with E-state index in [9.17, 15) is 14.7 Å². The lowest BCUT2D eigenvalue weighted by Crippen LogP contribution is -2.27. The van der Waals surface area contributed by atoms with E-state index >= 15 is 0 Å². The zero-order chi connectivity index (χ0) is 26.5. The SMILES string of the molecule is C=C(C)C(=O)OCC(CCC1CCC(C2CCC(CC/C=C/C)CC2)CC1)COC(=O)C(=C)C(C)O. The van der Waals surface area contributed by atoms with E-state index in [0.717, 1.165) is 30.6 Å². The largest absolute Gasteiger partial charge is 0.462 e. The second kappa shape index (κ2) is 16.1. The molecule has 2 rings (SSSR count). The third-order valence-electron chi connectivity index (χ3n) is 8.43. The van der Waals surface area contributed by atoms with Crippen molar-refractivity contribution in [3.63, 3.8) is 0 Å². The molecule has 2 saturated carbocycles. The van der Waals surface area contributed by atoms with E-state index in [1.165, 1.54) is 71.1 Å². The Morgan fingerprint density at radius 2 is 1.39 bits per heavy atom. The van der Waals surface area contributed by atoms with Gasteiger partial charge in [0.25, 0.3) is 0 Å². The second-order valence-corrected chi connectivity index (χ2v) is 11.3. The summed E-state index contributed by atoms with van der Waals surface area (Å²) in [7, 11) is 0. The normalized spacial score (nSPS) is 26.2. The fourth-order valence-electron chi connectivity index (χ4n) is 5.85. The first kappa shape index (κ1) is 30.3. The fourth-order valence-corrected chi connectivity index (χ4v) is 5.85. The van der Waals surface area contributed by atoms with Crippen LogP contribution in [0.5, 0.6) is 0 Å². The number of hydrogen-bond donors (Lipinski definition) is 1. The van der Waals surface area contributed by atoms with Crippen molar-refractivity contribution in [3.05, 3.63) is 36.5 Å². The zero-order valence-electron chi connectivity index (χ0n) is 23.0. The standard InChI is InChI=1S/C31H50O5/c1-6-7-8-9-25-12-16-28(17-13-25)29-18-14-26(15-19-29)10-11-27(20-35-30(33)22(2)3)21-36-31(34)23(4)24(5)32/h6-7,24-29,32H,2,4,8-21H2,1,3,5H3/b7-6+. The topological polar surface area (TPSA) is 72.8 Å². The average molecular weight is 503 g/mol. The van der Waals surface area contributed by atoms with Crippen LogP contribution in [0, 0.1) is 29.6 Å². The van der Waals surface area contributed by atoms with Crippen molar-refractivity contribution in [1.82, 2.24) is 0 Å². The summed E-state index contributed by atoms with van der Waals surface area (Å²) in [4.78, 5) is 24.0. The second-order valence-electron chi connectivity index (χ2n) is 11.3. The molecule has 36 heavy (non-hydrogen) atoms. The summed E-state index contributed by atoms with van der Waals surface area (Å²) in [6.45, 7) is 12.8. The van der Waals surface area contributed by atoms with E-state index in [4.69, 9.17) is 9.47 Å². The van der Waals surface area contributed by atoms with Gasteiger partial charge in [0, 0.05) is 11.5 Å². The molecule has 0 aliphatic heterocycles. The molecule has 2 unspecified atom stereocenters. The van der Waals surface area contributed by atoms with Crippen molar-refractivity contribution < 1.29 is 24.2 Å². The molecule has 0 saturated heterocycles. The van der Waals surface area contributed by atoms with Crippen LogP contribution in [0.4, 0.5) is 0 Å². The summed E-state index contributed by atoms with van der Waals surface area (Å²) >= 11 is 0. The summed E-state index contributed by atoms with van der Waals surface area (Å²) in [5.74, 6) is 2.32. The number of rotatable bonds is 14. The van der Waals surface area contributed by atoms with Gasteiger partial charge in [-0.15, -0.1) is 0 Å². The highest BCUT2D eigenvalue weighted by Gasteiger charge is 2.31. The lowest BCUT2D eigenvalue weighted by Gasteiger charge is -2.38. The van der Waals surface area contributed by atoms with Gasteiger partial charge in [0.05, 0.1) is 24.9 Å². The number of aliphatic hydroxyl groups is 1. The van der Waals surface area contributed by atoms with Gasteiger partial charge in [-0.1, -0.05) is 51.0 Å². The molecular formula is C31H50O5. The molecule has 0 aromatic heterocycles. The summed E-state index contributed by atoms with van der Waals surface area (Å²) < 4.78 is 10.8. The lowest BCUT2D eigenvalue weighted by molar-refractivity contribution is -0.145. The molecule has 5 heteroatoms. The molecule has 0 heterocycles. The molecule has 2 aliphatic rings. The number of hydrogen-bond acceptors (Lipinski definition) is 5. The van der Waals surface area contributed by atoms with Crippen LogP contribution in [-0.4, -0.2) is 36.4 Å². The summed E-state index contributed by atoms with van der Waals surface area (Å²) in [5.41, 5.74) is 0.399. The first-order valence-electron chi connectivity index (χ1n) is 14.2. The molecule has 0 aromatic rings. The Morgan fingerprint density at radius 3 is 1.86 bits per heavy atom. The van der Waals surface area contributed by atoms with Gasteiger partial charge in [0.2, 0.25) is 0 Å². The molecule has 1 N–H and O–H groups in total. The molecule has 0 aromatic carbocycles. The maximum absolute atomic E-state index is 12.1. The Morgan fingerprint density at radius 1 is 0.889 bits per heavy atom. The van der Waals surface area contributed by atoms with E-state index in [1.807, 2.05) is 0 Å². The van der Waals surface area contributed by atoms with Gasteiger partial charge in [0.1, 0.15) is 0 Å². The van der Waals surface area contributed by atoms with Crippen LogP contribution in [0.1, 0.15) is 97.8 Å². The quantitative estimate of drug-likeness (QED) is 0.158. The van der Waals surface area contributed by atoms with Crippen LogP contribution in [0.25, 0.3) is 0 Å². The maximum Gasteiger partial charge on any atom is 0.336 e. The highest BCUT2D eigenvalue weighted by Crippen LogP contribution is 2.43. The van der Waals surface area contributed by atoms with Crippen molar-refractivity contribution in [2.24, 2.45) is 29.6 Å². The van der Waals surface area contributed by atoms with Crippen molar-refractivity contribution in [3.8, 4) is 0 Å². The number of aliphatic hydroxyl groups excluding tert-OH is 1. The van der Waals surface area contributed by atoms with Gasteiger partial charge < -0.3 is 14.6 Å². The molecule has 0 bridgehead atoms. The third-order valence-corrected chi connectivity index (χ3v) is 8.43. The van der Waals surface area contributed by atoms with Crippen molar-refractivity contribution >= 4 is 11.9 Å². The van der Waals surface area contributed by atoms with Gasteiger partial charge >= 0.3 is 11.9 Å². The van der Waals surface area contributed by atoms with Crippen molar-refractivity contribution in [1.29, 1.82) is 0 Å². The zero-order valence-corrected chi connectivity index (χ0v) is 23.0. The van der Waals surface area contributed by atoms with E-state index < -0.39 is 18.0 Å². The number of carbonyl (C=O) groups excluding carboxylic acids is 2. The van der Waals surface area contributed by atoms with Gasteiger partial charge in [-0.2, -0.15) is 0 Å². The third kappa shape index (κ3) is 10.6. The Balaban J connectivity index is 1.75. The van der Waals surface area contributed by atoms with Crippen LogP contribution in [0.2, 0.25) is 0 Å². The maximum atomic E-state index is 12.1. The molecule has 0 radical (unpaired) electrons. The predicted molar refractivity (Wildman–Crippen MR) is 145 cm³/mol. The Kier molecular flexibility index (Phi) is 13.5. The van der Waals surface area contributed by atoms with E-state index in [-0.39, 0.29) is 24.7 Å². The molecule has 2 atom stereocenters. The Labute approximate surface area is 219 Å². The Bertz CT molecular complexity index is 736. The van der Waals surface area contributed by atoms with Crippen LogP contribution >= 0.6 is 0 Å². The van der Waals surface area contributed by atoms with E-state index in [1.54, 1.807) is 6.92 Å². The first-order valence-corrected chi connectivity index (χ1v) is 14.2. The van der Waals surface area contributed by atoms with Crippen molar-refractivity contribution in [2.75, 3.05) is 13.2 Å². The van der Waals surface area contributed by atoms with E-state index in [0.29, 0.717) is 11.5 Å². The molecule has 2 fully saturated rings. The van der Waals surface area contributed by atoms with Gasteiger partial charge in [-0.3, -0.25) is 0 Å². The minimum absolute atomic E-state index is 0.0397. The molecule has 5 nitrogen and oxygen atoms in total. The molecule has 204 valence electrons. The van der Waals surface area contributed by atoms with Gasteiger partial charge in [-0.25, -0.2) is 9.59 Å². The van der Waals surface area contributed by atoms with Crippen molar-refractivity contribution in [2.45, 2.75) is 104 Å². The van der Waals surface area contributed by atoms with Gasteiger partial charge in [-0.05, 0) is 95.8 Å². The number of ether oxygens (including phenoxy) is 2. The fraction of sp³-hybridized carbons (Fsp3) is 0.742. The molecular weight excluding hydrogens is 452 g/mol. The number of esters is 2. The predicted octanol–water partition coefficient (Wildman–Crippen LogP) is 6.95. The van der Waals surface area contributed by atoms with Crippen LogP contribution < -0.4 is 0 Å².